The fourth-order valence-electron chi connectivity index (χ4n) is 1.51. The molecule has 0 heterocycles. The molecule has 0 fully saturated rings. The molecule has 1 aromatic carbocycles. The molecule has 4 heteroatoms. The number of amides is 1. The van der Waals surface area contributed by atoms with Crippen molar-refractivity contribution in [2.45, 2.75) is 46.3 Å². The minimum Gasteiger partial charge on any atom is -0.491 e. The number of anilines is 1. The van der Waals surface area contributed by atoms with Crippen LogP contribution in [0.15, 0.2) is 18.2 Å². The molecule has 2 N–H and O–H groups in total. The van der Waals surface area contributed by atoms with E-state index >= 15 is 0 Å². The predicted molar refractivity (Wildman–Crippen MR) is 78.7 cm³/mol. The van der Waals surface area contributed by atoms with Gasteiger partial charge in [-0.15, -0.1) is 0 Å². The lowest BCUT2D eigenvalue weighted by Gasteiger charge is -2.23. The number of carbonyl (C=O) groups is 1. The van der Waals surface area contributed by atoms with E-state index in [9.17, 15) is 4.79 Å². The molecule has 0 aliphatic rings. The molecule has 0 aliphatic carbocycles. The third-order valence-corrected chi connectivity index (χ3v) is 3.01. The molecule has 19 heavy (non-hydrogen) atoms. The highest BCUT2D eigenvalue weighted by atomic mass is 16.5. The van der Waals surface area contributed by atoms with E-state index < -0.39 is 5.54 Å². The fourth-order valence-corrected chi connectivity index (χ4v) is 1.51. The molecule has 0 saturated heterocycles. The van der Waals surface area contributed by atoms with Gasteiger partial charge in [0.15, 0.2) is 0 Å². The zero-order chi connectivity index (χ0) is 14.6. The number of hydrogen-bond acceptors (Lipinski definition) is 3. The minimum absolute atomic E-state index is 0.0596. The number of ether oxygens (including phenoxy) is 1. The summed E-state index contributed by atoms with van der Waals surface area (Å²) in [5.41, 5.74) is 1.20. The smallest absolute Gasteiger partial charge is 0.244 e. The Morgan fingerprint density at radius 1 is 1.32 bits per heavy atom. The summed E-state index contributed by atoms with van der Waals surface area (Å²) in [6.07, 6.45) is 0.142. The fraction of sp³-hybridized carbons (Fsp3) is 0.533. The van der Waals surface area contributed by atoms with Gasteiger partial charge in [-0.05, 0) is 65.4 Å². The average molecular weight is 264 g/mol. The summed E-state index contributed by atoms with van der Waals surface area (Å²) < 4.78 is 5.62. The molecule has 0 aromatic heterocycles. The van der Waals surface area contributed by atoms with Crippen molar-refractivity contribution in [1.29, 1.82) is 0 Å². The lowest BCUT2D eigenvalue weighted by atomic mass is 10.0. The van der Waals surface area contributed by atoms with Gasteiger partial charge >= 0.3 is 0 Å². The second kappa shape index (κ2) is 6.06. The monoisotopic (exact) mass is 264 g/mol. The standard InChI is InChI=1S/C15H24N2O2/c1-10(2)19-12-7-8-13(11(3)9-12)17-14(18)15(4,5)16-6/h7-10,16H,1-6H3,(H,17,18). The van der Waals surface area contributed by atoms with Crippen LogP contribution in [0.25, 0.3) is 0 Å². The predicted octanol–water partition coefficient (Wildman–Crippen LogP) is 2.72. The van der Waals surface area contributed by atoms with Crippen LogP contribution < -0.4 is 15.4 Å². The Hall–Kier alpha value is -1.55. The molecule has 0 aliphatic heterocycles. The Morgan fingerprint density at radius 3 is 2.42 bits per heavy atom. The third kappa shape index (κ3) is 4.24. The molecule has 0 atom stereocenters. The Morgan fingerprint density at radius 2 is 1.95 bits per heavy atom. The quantitative estimate of drug-likeness (QED) is 0.859. The average Bonchev–Trinajstić information content (AvgIpc) is 2.31. The Bertz CT molecular complexity index is 453. The van der Waals surface area contributed by atoms with E-state index in [1.54, 1.807) is 7.05 Å². The second-order valence-corrected chi connectivity index (χ2v) is 5.47. The summed E-state index contributed by atoms with van der Waals surface area (Å²) in [5, 5.41) is 5.91. The number of hydrogen-bond donors (Lipinski definition) is 2. The van der Waals surface area contributed by atoms with Gasteiger partial charge in [-0.25, -0.2) is 0 Å². The van der Waals surface area contributed by atoms with Crippen LogP contribution in [0.2, 0.25) is 0 Å². The molecule has 4 nitrogen and oxygen atoms in total. The summed E-state index contributed by atoms with van der Waals surface area (Å²) >= 11 is 0. The normalized spacial score (nSPS) is 11.5. The van der Waals surface area contributed by atoms with Gasteiger partial charge in [0.25, 0.3) is 0 Å². The Labute approximate surface area is 115 Å². The molecular formula is C15H24N2O2. The highest BCUT2D eigenvalue weighted by Crippen LogP contribution is 2.23. The topological polar surface area (TPSA) is 50.4 Å². The van der Waals surface area contributed by atoms with Gasteiger partial charge in [-0.3, -0.25) is 4.79 Å². The van der Waals surface area contributed by atoms with Crippen LogP contribution in [-0.4, -0.2) is 24.6 Å². The highest BCUT2D eigenvalue weighted by Gasteiger charge is 2.25. The Kier molecular flexibility index (Phi) is 4.95. The van der Waals surface area contributed by atoms with Crippen molar-refractivity contribution < 1.29 is 9.53 Å². The summed E-state index contributed by atoms with van der Waals surface area (Å²) in [7, 11) is 1.77. The van der Waals surface area contributed by atoms with E-state index in [2.05, 4.69) is 10.6 Å². The van der Waals surface area contributed by atoms with Crippen LogP contribution in [0.5, 0.6) is 5.75 Å². The van der Waals surface area contributed by atoms with Crippen molar-refractivity contribution in [1.82, 2.24) is 5.32 Å². The number of aryl methyl sites for hydroxylation is 1. The molecule has 0 radical (unpaired) electrons. The summed E-state index contributed by atoms with van der Waals surface area (Å²) in [6, 6.07) is 5.67. The van der Waals surface area contributed by atoms with E-state index in [-0.39, 0.29) is 12.0 Å². The van der Waals surface area contributed by atoms with Crippen LogP contribution in [0.1, 0.15) is 33.3 Å². The van der Waals surface area contributed by atoms with Gasteiger partial charge < -0.3 is 15.4 Å². The largest absolute Gasteiger partial charge is 0.491 e. The SMILES string of the molecule is CNC(C)(C)C(=O)Nc1ccc(OC(C)C)cc1C. The maximum atomic E-state index is 12.1. The maximum absolute atomic E-state index is 12.1. The molecule has 0 bridgehead atoms. The van der Waals surface area contributed by atoms with Gasteiger partial charge in [0, 0.05) is 5.69 Å². The van der Waals surface area contributed by atoms with Crippen LogP contribution in [0.4, 0.5) is 5.69 Å². The van der Waals surface area contributed by atoms with E-state index in [1.807, 2.05) is 52.8 Å². The van der Waals surface area contributed by atoms with E-state index in [0.717, 1.165) is 17.0 Å². The van der Waals surface area contributed by atoms with Crippen molar-refractivity contribution in [3.8, 4) is 5.75 Å². The maximum Gasteiger partial charge on any atom is 0.244 e. The molecule has 1 rings (SSSR count). The molecule has 106 valence electrons. The first-order valence-electron chi connectivity index (χ1n) is 6.54. The molecule has 0 unspecified atom stereocenters. The van der Waals surface area contributed by atoms with Crippen LogP contribution in [0, 0.1) is 6.92 Å². The van der Waals surface area contributed by atoms with Crippen molar-refractivity contribution in [3.05, 3.63) is 23.8 Å². The molecule has 1 aromatic rings. The first-order valence-corrected chi connectivity index (χ1v) is 6.54. The summed E-state index contributed by atoms with van der Waals surface area (Å²) in [4.78, 5) is 12.1. The molecule has 0 saturated carbocycles. The second-order valence-electron chi connectivity index (χ2n) is 5.47. The number of carbonyl (C=O) groups excluding carboxylic acids is 1. The number of likely N-dealkylation sites (N-methyl/N-ethyl adjacent to an activating group) is 1. The van der Waals surface area contributed by atoms with Crippen molar-refractivity contribution in [3.63, 3.8) is 0 Å². The first-order chi connectivity index (χ1) is 8.76. The highest BCUT2D eigenvalue weighted by molar-refractivity contribution is 5.98. The van der Waals surface area contributed by atoms with Gasteiger partial charge in [0.1, 0.15) is 5.75 Å². The van der Waals surface area contributed by atoms with E-state index in [4.69, 9.17) is 4.74 Å². The third-order valence-electron chi connectivity index (χ3n) is 3.01. The van der Waals surface area contributed by atoms with Crippen molar-refractivity contribution >= 4 is 11.6 Å². The summed E-state index contributed by atoms with van der Waals surface area (Å²) in [6.45, 7) is 9.61. The zero-order valence-electron chi connectivity index (χ0n) is 12.6. The van der Waals surface area contributed by atoms with Crippen LogP contribution in [-0.2, 0) is 4.79 Å². The van der Waals surface area contributed by atoms with E-state index in [1.165, 1.54) is 0 Å². The minimum atomic E-state index is -0.598. The van der Waals surface area contributed by atoms with Crippen LogP contribution in [0.3, 0.4) is 0 Å². The first kappa shape index (κ1) is 15.5. The number of rotatable bonds is 5. The molecule has 0 spiro atoms. The lowest BCUT2D eigenvalue weighted by molar-refractivity contribution is -0.121. The van der Waals surface area contributed by atoms with Crippen LogP contribution >= 0.6 is 0 Å². The Balaban J connectivity index is 2.83. The number of benzene rings is 1. The van der Waals surface area contributed by atoms with Gasteiger partial charge in [-0.2, -0.15) is 0 Å². The zero-order valence-corrected chi connectivity index (χ0v) is 12.6. The molecular weight excluding hydrogens is 240 g/mol. The number of nitrogens with one attached hydrogen (secondary N) is 2. The van der Waals surface area contributed by atoms with Crippen molar-refractivity contribution in [2.24, 2.45) is 0 Å². The van der Waals surface area contributed by atoms with Gasteiger partial charge in [0.05, 0.1) is 11.6 Å². The summed E-state index contributed by atoms with van der Waals surface area (Å²) in [5.74, 6) is 0.758. The van der Waals surface area contributed by atoms with Gasteiger partial charge in [0.2, 0.25) is 5.91 Å². The van der Waals surface area contributed by atoms with Crippen molar-refractivity contribution in [2.75, 3.05) is 12.4 Å². The lowest BCUT2D eigenvalue weighted by Crippen LogP contribution is -2.48. The van der Waals surface area contributed by atoms with E-state index in [0.29, 0.717) is 0 Å². The van der Waals surface area contributed by atoms with Gasteiger partial charge in [-0.1, -0.05) is 0 Å². The molecule has 1 amide bonds.